The molecule has 3 rings (SSSR count). The molecule has 0 spiro atoms. The van der Waals surface area contributed by atoms with Crippen molar-refractivity contribution in [3.63, 3.8) is 0 Å². The molecule has 0 fully saturated rings. The van der Waals surface area contributed by atoms with Gasteiger partial charge in [-0.3, -0.25) is 9.59 Å². The Labute approximate surface area is 314 Å². The number of hydrogen-bond acceptors (Lipinski definition) is 10. The number of imidazole rings is 1. The normalized spacial score (nSPS) is 13.0. The van der Waals surface area contributed by atoms with Gasteiger partial charge in [0, 0.05) is 25.1 Å². The predicted octanol–water partition coefficient (Wildman–Crippen LogP) is 3.60. The first-order chi connectivity index (χ1) is 25.3. The van der Waals surface area contributed by atoms with Crippen LogP contribution in [0, 0.1) is 5.92 Å². The molecule has 0 aliphatic heterocycles. The number of carboxylic acid groups (broad SMARTS) is 1. The average Bonchev–Trinajstić information content (AvgIpc) is 3.42. The van der Waals surface area contributed by atoms with Crippen molar-refractivity contribution in [1.82, 2.24) is 35.8 Å². The zero-order valence-corrected chi connectivity index (χ0v) is 32.3. The van der Waals surface area contributed by atoms with Crippen LogP contribution in [0.2, 0.25) is 0 Å². The Hall–Kier alpha value is -5.23. The molecule has 2 atom stereocenters. The summed E-state index contributed by atoms with van der Waals surface area (Å²) in [5.74, 6) is -1.08. The summed E-state index contributed by atoms with van der Waals surface area (Å²) in [5.41, 5.74) is 5.37. The lowest BCUT2D eigenvalue weighted by atomic mass is 10.0. The van der Waals surface area contributed by atoms with E-state index >= 15 is 0 Å². The maximum atomic E-state index is 14.0. The van der Waals surface area contributed by atoms with E-state index in [2.05, 4.69) is 26.6 Å². The Morgan fingerprint density at radius 2 is 1.67 bits per heavy atom. The summed E-state index contributed by atoms with van der Waals surface area (Å²) in [4.78, 5) is 71.7. The molecule has 1 aromatic carbocycles. The number of nitrogens with zero attached hydrogens (tertiary/aromatic N) is 3. The lowest BCUT2D eigenvalue weighted by Crippen LogP contribution is -2.54. The van der Waals surface area contributed by atoms with Crippen LogP contribution in [0.25, 0.3) is 21.9 Å². The molecule has 54 heavy (non-hydrogen) atoms. The van der Waals surface area contributed by atoms with Crippen LogP contribution in [0.4, 0.5) is 20.2 Å². The molecule has 0 aliphatic rings. The molecule has 0 saturated carbocycles. The number of alkyl carbamates (subject to hydrolysis) is 1. The van der Waals surface area contributed by atoms with Crippen molar-refractivity contribution in [2.75, 3.05) is 31.6 Å². The fourth-order valence-electron chi connectivity index (χ4n) is 5.58. The summed E-state index contributed by atoms with van der Waals surface area (Å²) in [6.07, 6.45) is -1.60. The summed E-state index contributed by atoms with van der Waals surface area (Å²) in [7, 11) is 0. The lowest BCUT2D eigenvalue weighted by Gasteiger charge is -2.27. The predicted molar refractivity (Wildman–Crippen MR) is 202 cm³/mol. The number of nitrogens with one attached hydrogen (secondary N) is 5. The van der Waals surface area contributed by atoms with Crippen LogP contribution in [0.5, 0.6) is 0 Å². The van der Waals surface area contributed by atoms with E-state index in [0.717, 1.165) is 5.39 Å². The van der Waals surface area contributed by atoms with Gasteiger partial charge in [-0.15, -0.1) is 0 Å². The molecule has 2 aromatic heterocycles. The van der Waals surface area contributed by atoms with E-state index in [1.54, 1.807) is 40.7 Å². The highest BCUT2D eigenvalue weighted by Crippen LogP contribution is 2.32. The molecule has 18 nitrogen and oxygen atoms in total. The largest absolute Gasteiger partial charge is 0.465 e. The first-order valence-corrected chi connectivity index (χ1v) is 17.9. The zero-order chi connectivity index (χ0) is 40.2. The molecule has 8 N–H and O–H groups in total. The van der Waals surface area contributed by atoms with Crippen LogP contribution < -0.4 is 32.3 Å². The number of anilines is 1. The van der Waals surface area contributed by atoms with E-state index in [-0.39, 0.29) is 45.0 Å². The average molecular weight is 758 g/mol. The highest BCUT2D eigenvalue weighted by molar-refractivity contribution is 6.10. The second-order valence-electron chi connectivity index (χ2n) is 14.6. The van der Waals surface area contributed by atoms with Crippen LogP contribution in [0.15, 0.2) is 24.3 Å². The van der Waals surface area contributed by atoms with Gasteiger partial charge in [0.05, 0.1) is 29.8 Å². The fourth-order valence-corrected chi connectivity index (χ4v) is 5.58. The Balaban J connectivity index is 2.00. The number of nitrogens with two attached hydrogens (primary N) is 1. The number of urea groups is 1. The van der Waals surface area contributed by atoms with Gasteiger partial charge in [0.1, 0.15) is 35.6 Å². The molecule has 3 aromatic rings. The third-order valence-electron chi connectivity index (χ3n) is 7.97. The summed E-state index contributed by atoms with van der Waals surface area (Å²) in [6.45, 7) is 15.8. The first-order valence-electron chi connectivity index (χ1n) is 17.9. The van der Waals surface area contributed by atoms with Gasteiger partial charge >= 0.3 is 18.2 Å². The third kappa shape index (κ3) is 13.0. The van der Waals surface area contributed by atoms with E-state index in [1.165, 1.54) is 0 Å². The molecule has 0 radical (unpaired) electrons. The third-order valence-corrected chi connectivity index (χ3v) is 7.97. The van der Waals surface area contributed by atoms with Gasteiger partial charge in [-0.05, 0) is 66.4 Å². The minimum atomic E-state index is -1.39. The zero-order valence-electron chi connectivity index (χ0n) is 32.3. The number of rotatable bonds is 19. The van der Waals surface area contributed by atoms with Gasteiger partial charge < -0.3 is 56.2 Å². The molecule has 2 unspecified atom stereocenters. The van der Waals surface area contributed by atoms with Crippen molar-refractivity contribution in [1.29, 1.82) is 0 Å². The first kappa shape index (κ1) is 43.2. The van der Waals surface area contributed by atoms with Gasteiger partial charge in [-0.1, -0.05) is 32.0 Å². The van der Waals surface area contributed by atoms with Crippen molar-refractivity contribution in [2.24, 2.45) is 11.7 Å². The number of hydrogen-bond donors (Lipinski definition) is 7. The Morgan fingerprint density at radius 3 is 2.30 bits per heavy atom. The van der Waals surface area contributed by atoms with Crippen molar-refractivity contribution in [3.05, 3.63) is 30.1 Å². The number of carbonyl (C=O) groups is 5. The number of amides is 6. The Morgan fingerprint density at radius 1 is 0.963 bits per heavy atom. The Bertz CT molecular complexity index is 1790. The SMILES string of the molecule is CCOCc1nc2c(NC(=O)C(CCCNC(N)=O)NC(=O)C(NC(=O)O)C(C)C)nc3ccccc3c2n1CC(C)(C)OCCNC(=O)OC(C)(C)C. The number of benzene rings is 1. The highest BCUT2D eigenvalue weighted by Gasteiger charge is 2.31. The maximum Gasteiger partial charge on any atom is 0.407 e. The molecule has 298 valence electrons. The number of aromatic nitrogens is 3. The minimum Gasteiger partial charge on any atom is -0.465 e. The molecule has 18 heteroatoms. The van der Waals surface area contributed by atoms with E-state index in [1.807, 2.05) is 43.5 Å². The van der Waals surface area contributed by atoms with Crippen molar-refractivity contribution < 1.29 is 43.3 Å². The Kier molecular flexibility index (Phi) is 15.4. The van der Waals surface area contributed by atoms with Crippen LogP contribution >= 0.6 is 0 Å². The lowest BCUT2D eigenvalue weighted by molar-refractivity contribution is -0.128. The molecule has 0 saturated heterocycles. The van der Waals surface area contributed by atoms with Crippen LogP contribution in [-0.4, -0.2) is 99.3 Å². The number of primary amides is 1. The topological polar surface area (TPSA) is 250 Å². The molecule has 0 bridgehead atoms. The number of ether oxygens (including phenoxy) is 3. The summed E-state index contributed by atoms with van der Waals surface area (Å²) in [5, 5.41) is 23.0. The van der Waals surface area contributed by atoms with Crippen LogP contribution in [-0.2, 0) is 37.0 Å². The number of para-hydroxylation sites is 1. The molecular weight excluding hydrogens is 702 g/mol. The number of carbonyl (C=O) groups excluding carboxylic acids is 4. The van der Waals surface area contributed by atoms with E-state index in [4.69, 9.17) is 29.9 Å². The minimum absolute atomic E-state index is 0.0742. The number of fused-ring (bicyclic) bond motifs is 3. The molecule has 6 amide bonds. The summed E-state index contributed by atoms with van der Waals surface area (Å²) >= 11 is 0. The second-order valence-corrected chi connectivity index (χ2v) is 14.6. The maximum absolute atomic E-state index is 14.0. The smallest absolute Gasteiger partial charge is 0.407 e. The number of pyridine rings is 1. The van der Waals surface area contributed by atoms with E-state index in [9.17, 15) is 29.1 Å². The monoisotopic (exact) mass is 757 g/mol. The van der Waals surface area contributed by atoms with Crippen molar-refractivity contribution in [3.8, 4) is 0 Å². The van der Waals surface area contributed by atoms with Gasteiger partial charge in [-0.25, -0.2) is 24.4 Å². The van der Waals surface area contributed by atoms with Crippen LogP contribution in [0.1, 0.15) is 74.1 Å². The van der Waals surface area contributed by atoms with Gasteiger partial charge in [0.2, 0.25) is 11.8 Å². The van der Waals surface area contributed by atoms with E-state index < -0.39 is 59.2 Å². The van der Waals surface area contributed by atoms with Gasteiger partial charge in [-0.2, -0.15) is 0 Å². The second kappa shape index (κ2) is 19.2. The summed E-state index contributed by atoms with van der Waals surface area (Å²) in [6, 6.07) is 4.35. The van der Waals surface area contributed by atoms with Gasteiger partial charge in [0.15, 0.2) is 5.82 Å². The van der Waals surface area contributed by atoms with Gasteiger partial charge in [0.25, 0.3) is 0 Å². The standard InChI is InChI=1S/C36H55N9O9/c1-9-52-19-25-42-27-28(45(25)20-36(7,8)53-18-17-39-34(51)54-35(4,5)6)22-13-10-11-14-23(22)40-29(27)44-30(46)24(15-12-16-38-32(37)48)41-31(47)26(21(2)3)43-33(49)50/h10-11,13-14,21,24,26,43H,9,12,15-20H2,1-8H3,(H,39,51)(H,41,47)(H,49,50)(H3,37,38,48)(H,40,44,46). The molecular formula is C36H55N9O9. The van der Waals surface area contributed by atoms with Crippen LogP contribution in [0.3, 0.4) is 0 Å². The van der Waals surface area contributed by atoms with Crippen molar-refractivity contribution >= 4 is 57.8 Å². The van der Waals surface area contributed by atoms with Crippen molar-refractivity contribution in [2.45, 2.75) is 105 Å². The highest BCUT2D eigenvalue weighted by atomic mass is 16.6. The molecule has 2 heterocycles. The van der Waals surface area contributed by atoms with E-state index in [0.29, 0.717) is 35.5 Å². The summed E-state index contributed by atoms with van der Waals surface area (Å²) < 4.78 is 19.3. The molecule has 0 aliphatic carbocycles. The fraction of sp³-hybridized carbons (Fsp3) is 0.583. The quantitative estimate of drug-likeness (QED) is 0.0870.